The average Bonchev–Trinajstić information content (AvgIpc) is 2.87. The van der Waals surface area contributed by atoms with Gasteiger partial charge in [-0.25, -0.2) is 13.1 Å². The number of hydrogen-bond acceptors (Lipinski definition) is 4. The number of anilines is 1. The molecule has 0 atom stereocenters. The first kappa shape index (κ1) is 16.2. The maximum atomic E-state index is 12.3. The Balaban J connectivity index is 2.29. The molecule has 0 fully saturated rings. The summed E-state index contributed by atoms with van der Waals surface area (Å²) in [5.41, 5.74) is 1.11. The number of aryl methyl sites for hydroxylation is 2. The summed E-state index contributed by atoms with van der Waals surface area (Å²) in [4.78, 5) is 12.5. The first-order valence-electron chi connectivity index (χ1n) is 7.06. The van der Waals surface area contributed by atoms with Gasteiger partial charge in [0, 0.05) is 18.2 Å². The van der Waals surface area contributed by atoms with E-state index in [2.05, 4.69) is 10.4 Å². The SMILES string of the molecule is CCn1nc(C)cc1NC(=O)c1cccc(S(=O)(=O)CC)c1. The number of carbonyl (C=O) groups excluding carboxylic acids is 1. The minimum Gasteiger partial charge on any atom is -0.307 e. The van der Waals surface area contributed by atoms with E-state index in [0.29, 0.717) is 17.9 Å². The number of amides is 1. The van der Waals surface area contributed by atoms with Crippen LogP contribution in [0, 0.1) is 6.92 Å². The van der Waals surface area contributed by atoms with Gasteiger partial charge in [0.15, 0.2) is 9.84 Å². The van der Waals surface area contributed by atoms with E-state index in [1.165, 1.54) is 12.1 Å². The van der Waals surface area contributed by atoms with Crippen LogP contribution in [0.25, 0.3) is 0 Å². The van der Waals surface area contributed by atoms with Crippen molar-refractivity contribution in [3.63, 3.8) is 0 Å². The second-order valence-electron chi connectivity index (χ2n) is 4.87. The van der Waals surface area contributed by atoms with Crippen LogP contribution in [0.15, 0.2) is 35.2 Å². The monoisotopic (exact) mass is 321 g/mol. The number of hydrogen-bond donors (Lipinski definition) is 1. The lowest BCUT2D eigenvalue weighted by molar-refractivity contribution is 0.102. The van der Waals surface area contributed by atoms with Crippen LogP contribution in [-0.2, 0) is 16.4 Å². The van der Waals surface area contributed by atoms with Crippen LogP contribution in [-0.4, -0.2) is 29.9 Å². The molecule has 118 valence electrons. The van der Waals surface area contributed by atoms with Crippen molar-refractivity contribution in [2.45, 2.75) is 32.2 Å². The Bertz CT molecular complexity index is 794. The van der Waals surface area contributed by atoms with Crippen LogP contribution in [0.5, 0.6) is 0 Å². The van der Waals surface area contributed by atoms with Crippen molar-refractivity contribution < 1.29 is 13.2 Å². The van der Waals surface area contributed by atoms with E-state index in [4.69, 9.17) is 0 Å². The van der Waals surface area contributed by atoms with E-state index in [1.807, 2.05) is 13.8 Å². The third-order valence-corrected chi connectivity index (χ3v) is 5.01. The molecule has 0 bridgehead atoms. The van der Waals surface area contributed by atoms with Gasteiger partial charge in [-0.15, -0.1) is 0 Å². The molecule has 22 heavy (non-hydrogen) atoms. The zero-order chi connectivity index (χ0) is 16.3. The highest BCUT2D eigenvalue weighted by Crippen LogP contribution is 2.16. The fraction of sp³-hybridized carbons (Fsp3) is 0.333. The average molecular weight is 321 g/mol. The summed E-state index contributed by atoms with van der Waals surface area (Å²) >= 11 is 0. The highest BCUT2D eigenvalue weighted by Gasteiger charge is 2.15. The molecular weight excluding hydrogens is 302 g/mol. The molecule has 6 nitrogen and oxygen atoms in total. The summed E-state index contributed by atoms with van der Waals surface area (Å²) in [6, 6.07) is 7.82. The predicted octanol–water partition coefficient (Wildman–Crippen LogP) is 2.26. The fourth-order valence-corrected chi connectivity index (χ4v) is 3.00. The maximum absolute atomic E-state index is 12.3. The number of aromatic nitrogens is 2. The summed E-state index contributed by atoms with van der Waals surface area (Å²) in [5.74, 6) is 0.233. The van der Waals surface area contributed by atoms with Gasteiger partial charge in [0.05, 0.1) is 16.3 Å². The van der Waals surface area contributed by atoms with Crippen molar-refractivity contribution in [2.75, 3.05) is 11.1 Å². The summed E-state index contributed by atoms with van der Waals surface area (Å²) in [7, 11) is -3.33. The molecule has 1 amide bonds. The van der Waals surface area contributed by atoms with Gasteiger partial charge in [0.1, 0.15) is 5.82 Å². The molecule has 1 aromatic carbocycles. The number of rotatable bonds is 5. The summed E-state index contributed by atoms with van der Waals surface area (Å²) < 4.78 is 25.5. The lowest BCUT2D eigenvalue weighted by atomic mass is 10.2. The molecule has 0 saturated carbocycles. The Morgan fingerprint density at radius 2 is 2.00 bits per heavy atom. The lowest BCUT2D eigenvalue weighted by Gasteiger charge is -2.08. The molecule has 1 heterocycles. The minimum absolute atomic E-state index is 0.000127. The van der Waals surface area contributed by atoms with Gasteiger partial charge in [-0.2, -0.15) is 5.10 Å². The van der Waals surface area contributed by atoms with Crippen LogP contribution in [0.4, 0.5) is 5.82 Å². The van der Waals surface area contributed by atoms with Crippen molar-refractivity contribution in [1.82, 2.24) is 9.78 Å². The Hall–Kier alpha value is -2.15. The Labute approximate surface area is 130 Å². The zero-order valence-electron chi connectivity index (χ0n) is 12.8. The summed E-state index contributed by atoms with van der Waals surface area (Å²) in [6.45, 7) is 5.98. The van der Waals surface area contributed by atoms with Crippen LogP contribution < -0.4 is 5.32 Å². The van der Waals surface area contributed by atoms with Crippen LogP contribution in [0.3, 0.4) is 0 Å². The standard InChI is InChI=1S/C15H19N3O3S/c1-4-18-14(9-11(3)17-18)16-15(19)12-7-6-8-13(10-12)22(20,21)5-2/h6-10H,4-5H2,1-3H3,(H,16,19). The van der Waals surface area contributed by atoms with Crippen molar-refractivity contribution >= 4 is 21.6 Å². The van der Waals surface area contributed by atoms with E-state index in [0.717, 1.165) is 5.69 Å². The quantitative estimate of drug-likeness (QED) is 0.916. The van der Waals surface area contributed by atoms with E-state index in [9.17, 15) is 13.2 Å². The molecule has 0 aliphatic carbocycles. The number of nitrogens with zero attached hydrogens (tertiary/aromatic N) is 2. The van der Waals surface area contributed by atoms with Crippen LogP contribution in [0.2, 0.25) is 0 Å². The molecule has 0 unspecified atom stereocenters. The van der Waals surface area contributed by atoms with Crippen LogP contribution >= 0.6 is 0 Å². The smallest absolute Gasteiger partial charge is 0.256 e. The minimum atomic E-state index is -3.33. The molecule has 0 spiro atoms. The first-order valence-corrected chi connectivity index (χ1v) is 8.71. The van der Waals surface area contributed by atoms with Crippen molar-refractivity contribution in [2.24, 2.45) is 0 Å². The molecule has 0 radical (unpaired) electrons. The summed E-state index contributed by atoms with van der Waals surface area (Å²) in [5, 5.41) is 7.01. The van der Waals surface area contributed by atoms with E-state index in [-0.39, 0.29) is 16.6 Å². The van der Waals surface area contributed by atoms with Crippen LogP contribution in [0.1, 0.15) is 29.9 Å². The molecule has 0 aliphatic rings. The Kier molecular flexibility index (Phi) is 4.65. The molecule has 0 saturated heterocycles. The van der Waals surface area contributed by atoms with E-state index >= 15 is 0 Å². The number of sulfone groups is 1. The number of carbonyl (C=O) groups is 1. The number of benzene rings is 1. The molecule has 2 rings (SSSR count). The Morgan fingerprint density at radius 3 is 2.64 bits per heavy atom. The van der Waals surface area contributed by atoms with Crippen molar-refractivity contribution in [3.05, 3.63) is 41.6 Å². The molecule has 0 aliphatic heterocycles. The van der Waals surface area contributed by atoms with Crippen molar-refractivity contribution in [3.8, 4) is 0 Å². The molecular formula is C15H19N3O3S. The largest absolute Gasteiger partial charge is 0.307 e. The zero-order valence-corrected chi connectivity index (χ0v) is 13.6. The molecule has 1 aromatic heterocycles. The summed E-state index contributed by atoms with van der Waals surface area (Å²) in [6.07, 6.45) is 0. The third-order valence-electron chi connectivity index (χ3n) is 3.28. The van der Waals surface area contributed by atoms with E-state index < -0.39 is 9.84 Å². The van der Waals surface area contributed by atoms with E-state index in [1.54, 1.807) is 29.8 Å². The lowest BCUT2D eigenvalue weighted by Crippen LogP contribution is -2.16. The van der Waals surface area contributed by atoms with Gasteiger partial charge in [-0.05, 0) is 32.0 Å². The van der Waals surface area contributed by atoms with Gasteiger partial charge < -0.3 is 5.32 Å². The topological polar surface area (TPSA) is 81.1 Å². The van der Waals surface area contributed by atoms with Gasteiger partial charge in [0.2, 0.25) is 0 Å². The predicted molar refractivity (Wildman–Crippen MR) is 84.8 cm³/mol. The highest BCUT2D eigenvalue weighted by atomic mass is 32.2. The molecule has 1 N–H and O–H groups in total. The highest BCUT2D eigenvalue weighted by molar-refractivity contribution is 7.91. The first-order chi connectivity index (χ1) is 10.4. The van der Waals surface area contributed by atoms with Gasteiger partial charge in [-0.1, -0.05) is 13.0 Å². The maximum Gasteiger partial charge on any atom is 0.256 e. The fourth-order valence-electron chi connectivity index (χ4n) is 2.07. The number of nitrogens with one attached hydrogen (secondary N) is 1. The second kappa shape index (κ2) is 6.31. The third kappa shape index (κ3) is 3.36. The van der Waals surface area contributed by atoms with Gasteiger partial charge in [-0.3, -0.25) is 4.79 Å². The molecule has 2 aromatic rings. The normalized spacial score (nSPS) is 11.4. The second-order valence-corrected chi connectivity index (χ2v) is 7.15. The Morgan fingerprint density at radius 1 is 1.27 bits per heavy atom. The van der Waals surface area contributed by atoms with Gasteiger partial charge in [0.25, 0.3) is 5.91 Å². The van der Waals surface area contributed by atoms with Gasteiger partial charge >= 0.3 is 0 Å². The van der Waals surface area contributed by atoms with Crippen molar-refractivity contribution in [1.29, 1.82) is 0 Å². The molecule has 7 heteroatoms.